The van der Waals surface area contributed by atoms with Crippen LogP contribution in [0.2, 0.25) is 0 Å². The molecular formula is C22H34N3O3+. The van der Waals surface area contributed by atoms with Gasteiger partial charge in [-0.3, -0.25) is 9.59 Å². The minimum atomic E-state index is -0.295. The molecule has 3 rings (SSSR count). The minimum absolute atomic E-state index is 0.000265. The van der Waals surface area contributed by atoms with Crippen LogP contribution in [0, 0.1) is 5.92 Å². The standard InChI is InChI=1S/C22H33N3O3/c1-6-28-18-9-7-17(8-10-18)25-14-15(11-19(25)26)20(27)23-16-12-21(2,3)24-22(4,5)13-16/h7-10,15-16,24H,6,11-14H2,1-5H3,(H,23,27)/p+1/t15-/m0/s1. The lowest BCUT2D eigenvalue weighted by molar-refractivity contribution is -0.787. The number of benzene rings is 1. The van der Waals surface area contributed by atoms with Crippen molar-refractivity contribution in [3.8, 4) is 5.75 Å². The lowest BCUT2D eigenvalue weighted by atomic mass is 9.79. The molecular weight excluding hydrogens is 354 g/mol. The highest BCUT2D eigenvalue weighted by Crippen LogP contribution is 2.28. The fraction of sp³-hybridized carbons (Fsp3) is 0.636. The van der Waals surface area contributed by atoms with E-state index in [1.54, 1.807) is 4.90 Å². The van der Waals surface area contributed by atoms with Gasteiger partial charge in [0.05, 0.1) is 23.6 Å². The summed E-state index contributed by atoms with van der Waals surface area (Å²) < 4.78 is 5.46. The van der Waals surface area contributed by atoms with Crippen molar-refractivity contribution < 1.29 is 19.6 Å². The molecule has 2 fully saturated rings. The van der Waals surface area contributed by atoms with Gasteiger partial charge in [0.2, 0.25) is 11.8 Å². The van der Waals surface area contributed by atoms with Crippen LogP contribution in [0.25, 0.3) is 0 Å². The minimum Gasteiger partial charge on any atom is -0.494 e. The van der Waals surface area contributed by atoms with Gasteiger partial charge in [-0.05, 0) is 58.9 Å². The number of nitrogens with two attached hydrogens (primary N) is 1. The second-order valence-electron chi connectivity index (χ2n) is 9.57. The SMILES string of the molecule is CCOc1ccc(N2C[C@@H](C(=O)NC3CC(C)(C)[NH2+]C(C)(C)C3)CC2=O)cc1. The number of nitrogens with one attached hydrogen (secondary N) is 1. The number of ether oxygens (including phenoxy) is 1. The molecule has 2 aliphatic rings. The number of hydrogen-bond acceptors (Lipinski definition) is 3. The zero-order chi connectivity index (χ0) is 20.5. The van der Waals surface area contributed by atoms with E-state index in [0.717, 1.165) is 24.3 Å². The van der Waals surface area contributed by atoms with Gasteiger partial charge < -0.3 is 20.3 Å². The monoisotopic (exact) mass is 388 g/mol. The third-order valence-corrected chi connectivity index (χ3v) is 5.63. The summed E-state index contributed by atoms with van der Waals surface area (Å²) in [6, 6.07) is 7.64. The molecule has 0 saturated carbocycles. The van der Waals surface area contributed by atoms with Crippen LogP contribution in [0.5, 0.6) is 5.75 Å². The van der Waals surface area contributed by atoms with E-state index in [4.69, 9.17) is 4.74 Å². The molecule has 0 unspecified atom stereocenters. The molecule has 2 amide bonds. The summed E-state index contributed by atoms with van der Waals surface area (Å²) in [5.74, 6) is 0.491. The van der Waals surface area contributed by atoms with E-state index in [1.165, 1.54) is 0 Å². The van der Waals surface area contributed by atoms with Crippen molar-refractivity contribution in [3.63, 3.8) is 0 Å². The average Bonchev–Trinajstić information content (AvgIpc) is 2.95. The molecule has 0 spiro atoms. The maximum Gasteiger partial charge on any atom is 0.227 e. The Balaban J connectivity index is 1.62. The molecule has 1 aromatic carbocycles. The zero-order valence-electron chi connectivity index (χ0n) is 17.7. The molecule has 2 heterocycles. The zero-order valence-corrected chi connectivity index (χ0v) is 17.7. The Kier molecular flexibility index (Phi) is 5.71. The summed E-state index contributed by atoms with van der Waals surface area (Å²) in [7, 11) is 0. The first kappa shape index (κ1) is 20.6. The Bertz CT molecular complexity index is 711. The average molecular weight is 389 g/mol. The smallest absolute Gasteiger partial charge is 0.227 e. The fourth-order valence-electron chi connectivity index (χ4n) is 4.96. The molecule has 28 heavy (non-hydrogen) atoms. The molecule has 1 atom stereocenters. The molecule has 3 N–H and O–H groups in total. The second-order valence-corrected chi connectivity index (χ2v) is 9.57. The van der Waals surface area contributed by atoms with Gasteiger partial charge in [0.25, 0.3) is 0 Å². The summed E-state index contributed by atoms with van der Waals surface area (Å²) in [6.45, 7) is 11.9. The van der Waals surface area contributed by atoms with Crippen LogP contribution in [0.1, 0.15) is 53.9 Å². The lowest BCUT2D eigenvalue weighted by Crippen LogP contribution is -3.06. The van der Waals surface area contributed by atoms with Crippen LogP contribution in [-0.2, 0) is 9.59 Å². The Hall–Kier alpha value is -2.08. The van der Waals surface area contributed by atoms with Crippen LogP contribution >= 0.6 is 0 Å². The van der Waals surface area contributed by atoms with Crippen molar-refractivity contribution in [1.82, 2.24) is 5.32 Å². The van der Waals surface area contributed by atoms with Gasteiger partial charge >= 0.3 is 0 Å². The fourth-order valence-corrected chi connectivity index (χ4v) is 4.96. The molecule has 6 nitrogen and oxygen atoms in total. The number of anilines is 1. The van der Waals surface area contributed by atoms with E-state index in [9.17, 15) is 9.59 Å². The van der Waals surface area contributed by atoms with Gasteiger partial charge in [-0.15, -0.1) is 0 Å². The van der Waals surface area contributed by atoms with Crippen LogP contribution in [-0.4, -0.2) is 42.1 Å². The molecule has 154 valence electrons. The molecule has 0 aromatic heterocycles. The van der Waals surface area contributed by atoms with Gasteiger partial charge in [-0.25, -0.2) is 0 Å². The molecule has 2 saturated heterocycles. The van der Waals surface area contributed by atoms with E-state index in [2.05, 4.69) is 38.3 Å². The summed E-state index contributed by atoms with van der Waals surface area (Å²) in [5, 5.41) is 5.63. The van der Waals surface area contributed by atoms with Gasteiger partial charge in [-0.1, -0.05) is 0 Å². The highest BCUT2D eigenvalue weighted by atomic mass is 16.5. The van der Waals surface area contributed by atoms with Crippen molar-refractivity contribution in [2.75, 3.05) is 18.1 Å². The number of nitrogens with zero attached hydrogens (tertiary/aromatic N) is 1. The van der Waals surface area contributed by atoms with E-state index in [-0.39, 0.29) is 41.3 Å². The van der Waals surface area contributed by atoms with E-state index in [1.807, 2.05) is 31.2 Å². The number of amides is 2. The van der Waals surface area contributed by atoms with Crippen LogP contribution in [0.3, 0.4) is 0 Å². The highest BCUT2D eigenvalue weighted by Gasteiger charge is 2.43. The summed E-state index contributed by atoms with van der Waals surface area (Å²) in [4.78, 5) is 27.1. The Morgan fingerprint density at radius 3 is 2.36 bits per heavy atom. The Labute approximate surface area is 168 Å². The van der Waals surface area contributed by atoms with Gasteiger partial charge in [0.1, 0.15) is 5.75 Å². The second kappa shape index (κ2) is 7.74. The number of piperidine rings is 1. The maximum absolute atomic E-state index is 12.9. The topological polar surface area (TPSA) is 75.2 Å². The lowest BCUT2D eigenvalue weighted by Gasteiger charge is -2.43. The normalized spacial score (nSPS) is 24.2. The Morgan fingerprint density at radius 2 is 1.79 bits per heavy atom. The molecule has 1 aromatic rings. The van der Waals surface area contributed by atoms with E-state index >= 15 is 0 Å². The van der Waals surface area contributed by atoms with Crippen molar-refractivity contribution in [3.05, 3.63) is 24.3 Å². The summed E-state index contributed by atoms with van der Waals surface area (Å²) in [5.41, 5.74) is 1.01. The molecule has 0 bridgehead atoms. The number of quaternary nitrogens is 1. The number of hydrogen-bond donors (Lipinski definition) is 2. The van der Waals surface area contributed by atoms with Crippen LogP contribution in [0.15, 0.2) is 24.3 Å². The van der Waals surface area contributed by atoms with Crippen LogP contribution in [0.4, 0.5) is 5.69 Å². The predicted octanol–water partition coefficient (Wildman–Crippen LogP) is 1.84. The third-order valence-electron chi connectivity index (χ3n) is 5.63. The predicted molar refractivity (Wildman–Crippen MR) is 109 cm³/mol. The van der Waals surface area contributed by atoms with Crippen molar-refractivity contribution in [2.24, 2.45) is 5.92 Å². The first-order valence-electron chi connectivity index (χ1n) is 10.3. The van der Waals surface area contributed by atoms with E-state index in [0.29, 0.717) is 13.2 Å². The highest BCUT2D eigenvalue weighted by molar-refractivity contribution is 6.00. The van der Waals surface area contributed by atoms with Gasteiger partial charge in [0.15, 0.2) is 0 Å². The third kappa shape index (κ3) is 4.85. The van der Waals surface area contributed by atoms with Gasteiger partial charge in [-0.2, -0.15) is 0 Å². The van der Waals surface area contributed by atoms with Crippen molar-refractivity contribution in [1.29, 1.82) is 0 Å². The summed E-state index contributed by atoms with van der Waals surface area (Å²) in [6.07, 6.45) is 2.14. The van der Waals surface area contributed by atoms with Crippen LogP contribution < -0.4 is 20.3 Å². The number of carbonyl (C=O) groups excluding carboxylic acids is 2. The molecule has 6 heteroatoms. The Morgan fingerprint density at radius 1 is 1.18 bits per heavy atom. The first-order valence-corrected chi connectivity index (χ1v) is 10.3. The largest absolute Gasteiger partial charge is 0.494 e. The molecule has 0 aliphatic carbocycles. The van der Waals surface area contributed by atoms with Crippen molar-refractivity contribution >= 4 is 17.5 Å². The molecule has 0 radical (unpaired) electrons. The number of rotatable bonds is 5. The maximum atomic E-state index is 12.9. The number of carbonyl (C=O) groups is 2. The first-order chi connectivity index (χ1) is 13.1. The quantitative estimate of drug-likeness (QED) is 0.808. The van der Waals surface area contributed by atoms with Gasteiger partial charge in [0, 0.05) is 37.5 Å². The van der Waals surface area contributed by atoms with E-state index < -0.39 is 0 Å². The molecule has 2 aliphatic heterocycles. The summed E-state index contributed by atoms with van der Waals surface area (Å²) >= 11 is 0. The van der Waals surface area contributed by atoms with Crippen molar-refractivity contribution in [2.45, 2.75) is 71.0 Å².